The molecule has 0 fully saturated rings. The molecule has 1 N–H and O–H groups in total. The molecule has 4 nitrogen and oxygen atoms in total. The lowest BCUT2D eigenvalue weighted by atomic mass is 10.0. The Kier molecular flexibility index (Phi) is 1.69. The van der Waals surface area contributed by atoms with E-state index >= 15 is 0 Å². The number of rotatable bonds is 1. The van der Waals surface area contributed by atoms with Crippen LogP contribution >= 0.6 is 0 Å². The number of hydrogen-bond donors (Lipinski definition) is 1. The maximum absolute atomic E-state index is 9.80. The minimum atomic E-state index is -0.562. The molecular weight excluding hydrogens is 192 g/mol. The maximum Gasteiger partial charge on any atom is 0.135 e. The van der Waals surface area contributed by atoms with Crippen LogP contribution in [-0.2, 0) is 0 Å². The number of aliphatic hydroxyl groups excluding tert-OH is 1. The Bertz CT molecular complexity index is 517. The van der Waals surface area contributed by atoms with Gasteiger partial charge in [0.1, 0.15) is 5.69 Å². The third kappa shape index (κ3) is 1.19. The van der Waals surface area contributed by atoms with Crippen LogP contribution in [-0.4, -0.2) is 15.4 Å². The summed E-state index contributed by atoms with van der Waals surface area (Å²) in [6.07, 6.45) is 2.73. The van der Waals surface area contributed by atoms with Crippen molar-refractivity contribution in [2.45, 2.75) is 6.10 Å². The second-order valence-corrected chi connectivity index (χ2v) is 3.41. The summed E-state index contributed by atoms with van der Waals surface area (Å²) >= 11 is 0. The highest BCUT2D eigenvalue weighted by Gasteiger charge is 2.23. The summed E-state index contributed by atoms with van der Waals surface area (Å²) in [7, 11) is 0. The van der Waals surface area contributed by atoms with Gasteiger partial charge < -0.3 is 5.11 Å². The molecule has 0 spiro atoms. The molecule has 0 saturated carbocycles. The second-order valence-electron chi connectivity index (χ2n) is 3.41. The molecule has 1 unspecified atom stereocenters. The van der Waals surface area contributed by atoms with Crippen molar-refractivity contribution in [3.05, 3.63) is 53.4 Å². The first-order valence-electron chi connectivity index (χ1n) is 4.63. The van der Waals surface area contributed by atoms with Crippen molar-refractivity contribution in [1.82, 2.24) is 10.3 Å². The van der Waals surface area contributed by atoms with Gasteiger partial charge in [-0.2, -0.15) is 0 Å². The van der Waals surface area contributed by atoms with Crippen molar-refractivity contribution in [3.8, 4) is 0 Å². The topological polar surface area (TPSA) is 59.2 Å². The third-order valence-electron chi connectivity index (χ3n) is 2.53. The zero-order valence-electron chi connectivity index (χ0n) is 7.79. The van der Waals surface area contributed by atoms with Gasteiger partial charge in [0.05, 0.1) is 12.3 Å². The van der Waals surface area contributed by atoms with Crippen molar-refractivity contribution >= 4 is 5.57 Å². The van der Waals surface area contributed by atoms with Gasteiger partial charge in [0.15, 0.2) is 0 Å². The van der Waals surface area contributed by atoms with Gasteiger partial charge in [0.25, 0.3) is 0 Å². The number of nitrogens with zero attached hydrogens (tertiary/aromatic N) is 2. The Morgan fingerprint density at radius 3 is 2.93 bits per heavy atom. The molecule has 3 rings (SSSR count). The van der Waals surface area contributed by atoms with Crippen LogP contribution in [0, 0.1) is 0 Å². The van der Waals surface area contributed by atoms with Gasteiger partial charge in [-0.25, -0.2) is 4.63 Å². The molecule has 1 heterocycles. The van der Waals surface area contributed by atoms with Gasteiger partial charge in [0, 0.05) is 5.57 Å². The van der Waals surface area contributed by atoms with E-state index in [1.54, 1.807) is 12.3 Å². The van der Waals surface area contributed by atoms with Crippen LogP contribution in [0.3, 0.4) is 0 Å². The number of benzene rings is 1. The molecule has 1 aliphatic carbocycles. The SMILES string of the molecule is OC1C=C(c2cnon2)c2ccccc21. The predicted molar refractivity (Wildman–Crippen MR) is 52.8 cm³/mol. The van der Waals surface area contributed by atoms with Crippen LogP contribution in [0.5, 0.6) is 0 Å². The minimum Gasteiger partial charge on any atom is -0.384 e. The Morgan fingerprint density at radius 1 is 1.27 bits per heavy atom. The highest BCUT2D eigenvalue weighted by molar-refractivity contribution is 5.83. The van der Waals surface area contributed by atoms with Crippen molar-refractivity contribution in [1.29, 1.82) is 0 Å². The monoisotopic (exact) mass is 200 g/mol. The summed E-state index contributed by atoms with van der Waals surface area (Å²) in [5.74, 6) is 0. The van der Waals surface area contributed by atoms with Gasteiger partial charge in [-0.3, -0.25) is 0 Å². The smallest absolute Gasteiger partial charge is 0.135 e. The van der Waals surface area contributed by atoms with E-state index in [1.165, 1.54) is 0 Å². The fraction of sp³-hybridized carbons (Fsp3) is 0.0909. The van der Waals surface area contributed by atoms with Crippen LogP contribution in [0.4, 0.5) is 0 Å². The molecule has 0 amide bonds. The Hall–Kier alpha value is -1.94. The van der Waals surface area contributed by atoms with Crippen LogP contribution < -0.4 is 0 Å². The molecule has 0 radical (unpaired) electrons. The molecule has 2 aromatic rings. The van der Waals surface area contributed by atoms with Gasteiger partial charge in [-0.1, -0.05) is 29.4 Å². The van der Waals surface area contributed by atoms with E-state index in [9.17, 15) is 5.11 Å². The highest BCUT2D eigenvalue weighted by atomic mass is 16.6. The molecular formula is C11H8N2O2. The highest BCUT2D eigenvalue weighted by Crippen LogP contribution is 2.36. The molecule has 1 aliphatic rings. The minimum absolute atomic E-state index is 0.562. The Balaban J connectivity index is 2.17. The maximum atomic E-state index is 9.80. The van der Waals surface area contributed by atoms with E-state index < -0.39 is 6.10 Å². The molecule has 0 aliphatic heterocycles. The lowest BCUT2D eigenvalue weighted by Gasteiger charge is -2.02. The Labute approximate surface area is 85.8 Å². The molecule has 1 atom stereocenters. The normalized spacial score (nSPS) is 18.7. The van der Waals surface area contributed by atoms with Crippen LogP contribution in [0.15, 0.2) is 41.2 Å². The standard InChI is InChI=1S/C11H8N2O2/c14-11-5-9(10-6-12-15-13-10)7-3-1-2-4-8(7)11/h1-6,11,14H. The van der Waals surface area contributed by atoms with E-state index in [1.807, 2.05) is 24.3 Å². The summed E-state index contributed by atoms with van der Waals surface area (Å²) in [4.78, 5) is 0. The summed E-state index contributed by atoms with van der Waals surface area (Å²) in [5, 5.41) is 17.1. The fourth-order valence-electron chi connectivity index (χ4n) is 1.84. The molecule has 0 bridgehead atoms. The average molecular weight is 200 g/mol. The van der Waals surface area contributed by atoms with Crippen LogP contribution in [0.1, 0.15) is 22.9 Å². The van der Waals surface area contributed by atoms with Crippen molar-refractivity contribution < 1.29 is 9.74 Å². The molecule has 4 heteroatoms. The zero-order valence-corrected chi connectivity index (χ0v) is 7.79. The zero-order chi connectivity index (χ0) is 10.3. The van der Waals surface area contributed by atoms with E-state index in [4.69, 9.17) is 0 Å². The van der Waals surface area contributed by atoms with E-state index in [2.05, 4.69) is 14.9 Å². The Morgan fingerprint density at radius 2 is 2.13 bits per heavy atom. The molecule has 0 saturated heterocycles. The van der Waals surface area contributed by atoms with Crippen molar-refractivity contribution in [2.75, 3.05) is 0 Å². The van der Waals surface area contributed by atoms with Gasteiger partial charge >= 0.3 is 0 Å². The molecule has 15 heavy (non-hydrogen) atoms. The number of aliphatic hydroxyl groups is 1. The second kappa shape index (κ2) is 3.03. The summed E-state index contributed by atoms with van der Waals surface area (Å²) in [6, 6.07) is 7.68. The lowest BCUT2D eigenvalue weighted by molar-refractivity contribution is 0.232. The first kappa shape index (κ1) is 8.38. The van der Waals surface area contributed by atoms with E-state index in [0.717, 1.165) is 16.7 Å². The summed E-state index contributed by atoms with van der Waals surface area (Å²) in [6.45, 7) is 0. The largest absolute Gasteiger partial charge is 0.384 e. The molecule has 1 aromatic heterocycles. The number of aromatic nitrogens is 2. The molecule has 74 valence electrons. The first-order valence-corrected chi connectivity index (χ1v) is 4.63. The third-order valence-corrected chi connectivity index (χ3v) is 2.53. The van der Waals surface area contributed by atoms with Gasteiger partial charge in [-0.15, -0.1) is 0 Å². The summed E-state index contributed by atoms with van der Waals surface area (Å²) < 4.78 is 4.55. The summed E-state index contributed by atoms with van der Waals surface area (Å²) in [5.41, 5.74) is 3.41. The molecule has 1 aromatic carbocycles. The van der Waals surface area contributed by atoms with Crippen molar-refractivity contribution in [3.63, 3.8) is 0 Å². The number of fused-ring (bicyclic) bond motifs is 1. The quantitative estimate of drug-likeness (QED) is 0.758. The van der Waals surface area contributed by atoms with E-state index in [0.29, 0.717) is 5.69 Å². The van der Waals surface area contributed by atoms with E-state index in [-0.39, 0.29) is 0 Å². The van der Waals surface area contributed by atoms with Crippen LogP contribution in [0.2, 0.25) is 0 Å². The average Bonchev–Trinajstić information content (AvgIpc) is 2.87. The van der Waals surface area contributed by atoms with Crippen molar-refractivity contribution in [2.24, 2.45) is 0 Å². The van der Waals surface area contributed by atoms with Gasteiger partial charge in [-0.05, 0) is 22.4 Å². The van der Waals surface area contributed by atoms with Crippen LogP contribution in [0.25, 0.3) is 5.57 Å². The van der Waals surface area contributed by atoms with Gasteiger partial charge in [0.2, 0.25) is 0 Å². The number of hydrogen-bond acceptors (Lipinski definition) is 4. The lowest BCUT2D eigenvalue weighted by Crippen LogP contribution is -1.89. The fourth-order valence-corrected chi connectivity index (χ4v) is 1.84. The first-order chi connectivity index (χ1) is 7.36. The predicted octanol–water partition coefficient (Wildman–Crippen LogP) is 1.55.